The van der Waals surface area contributed by atoms with E-state index in [1.165, 1.54) is 12.1 Å². The number of nitrogens with zero attached hydrogens (tertiary/aromatic N) is 2. The van der Waals surface area contributed by atoms with Gasteiger partial charge in [0.25, 0.3) is 17.5 Å². The predicted molar refractivity (Wildman–Crippen MR) is 91.2 cm³/mol. The van der Waals surface area contributed by atoms with Crippen molar-refractivity contribution in [1.29, 1.82) is 0 Å². The van der Waals surface area contributed by atoms with Gasteiger partial charge in [-0.1, -0.05) is 30.3 Å². The second kappa shape index (κ2) is 5.41. The lowest BCUT2D eigenvalue weighted by Gasteiger charge is -2.27. The smallest absolute Gasteiger partial charge is 0.280 e. The first-order valence-electron chi connectivity index (χ1n) is 7.48. The largest absolute Gasteiger partial charge is 0.288 e. The van der Waals surface area contributed by atoms with Crippen LogP contribution in [0.4, 0.5) is 11.4 Å². The number of amides is 2. The van der Waals surface area contributed by atoms with Gasteiger partial charge < -0.3 is 0 Å². The lowest BCUT2D eigenvalue weighted by Crippen LogP contribution is -2.44. The zero-order valence-corrected chi connectivity index (χ0v) is 12.8. The van der Waals surface area contributed by atoms with E-state index in [0.717, 1.165) is 5.01 Å². The molecule has 7 heteroatoms. The molecule has 0 unspecified atom stereocenters. The van der Waals surface area contributed by atoms with Crippen molar-refractivity contribution in [3.05, 3.63) is 81.9 Å². The van der Waals surface area contributed by atoms with Crippen LogP contribution in [0.1, 0.15) is 20.7 Å². The Hall–Kier alpha value is -3.74. The first-order chi connectivity index (χ1) is 12.1. The average Bonchev–Trinajstić information content (AvgIpc) is 2.63. The molecular weight excluding hydrogens is 322 g/mol. The van der Waals surface area contributed by atoms with E-state index < -0.39 is 16.7 Å². The van der Waals surface area contributed by atoms with Crippen molar-refractivity contribution in [2.45, 2.75) is 0 Å². The molecule has 2 amide bonds. The van der Waals surface area contributed by atoms with Crippen molar-refractivity contribution in [3.63, 3.8) is 0 Å². The number of rotatable bonds is 3. The number of benzene rings is 3. The van der Waals surface area contributed by atoms with Crippen molar-refractivity contribution < 1.29 is 14.5 Å². The topological polar surface area (TPSA) is 92.5 Å². The number of carbonyl (C=O) groups excluding carboxylic acids is 2. The van der Waals surface area contributed by atoms with Gasteiger partial charge in [-0.3, -0.25) is 25.1 Å². The van der Waals surface area contributed by atoms with Crippen molar-refractivity contribution in [2.24, 2.45) is 0 Å². The highest BCUT2D eigenvalue weighted by atomic mass is 16.6. The highest BCUT2D eigenvalue weighted by Crippen LogP contribution is 2.33. The van der Waals surface area contributed by atoms with Gasteiger partial charge in [-0.25, -0.2) is 0 Å². The molecule has 3 aromatic rings. The van der Waals surface area contributed by atoms with Crippen LogP contribution in [0.2, 0.25) is 0 Å². The van der Waals surface area contributed by atoms with Gasteiger partial charge in [-0.15, -0.1) is 0 Å². The Bertz CT molecular complexity index is 1050. The summed E-state index contributed by atoms with van der Waals surface area (Å²) in [5.41, 5.74) is 3.60. The van der Waals surface area contributed by atoms with E-state index in [9.17, 15) is 19.7 Å². The van der Waals surface area contributed by atoms with Crippen LogP contribution in [0, 0.1) is 10.1 Å². The van der Waals surface area contributed by atoms with Crippen molar-refractivity contribution in [2.75, 3.05) is 5.43 Å². The molecule has 3 aromatic carbocycles. The van der Waals surface area contributed by atoms with Crippen molar-refractivity contribution in [3.8, 4) is 0 Å². The number of anilines is 1. The third kappa shape index (κ3) is 2.29. The summed E-state index contributed by atoms with van der Waals surface area (Å²) >= 11 is 0. The van der Waals surface area contributed by atoms with Crippen LogP contribution < -0.4 is 5.43 Å². The van der Waals surface area contributed by atoms with Crippen molar-refractivity contribution >= 4 is 34.0 Å². The molecule has 122 valence electrons. The Morgan fingerprint density at radius 2 is 1.60 bits per heavy atom. The Labute approximate surface area is 141 Å². The van der Waals surface area contributed by atoms with Crippen LogP contribution in [0.15, 0.2) is 60.7 Å². The lowest BCUT2D eigenvalue weighted by atomic mass is 9.94. The molecule has 0 saturated carbocycles. The Morgan fingerprint density at radius 3 is 2.32 bits per heavy atom. The molecule has 0 bridgehead atoms. The van der Waals surface area contributed by atoms with Gasteiger partial charge in [0.15, 0.2) is 0 Å². The summed E-state index contributed by atoms with van der Waals surface area (Å²) in [6.07, 6.45) is 0. The summed E-state index contributed by atoms with van der Waals surface area (Å²) in [6, 6.07) is 16.2. The van der Waals surface area contributed by atoms with Gasteiger partial charge in [0.2, 0.25) is 0 Å². The number of carbonyl (C=O) groups is 2. The van der Waals surface area contributed by atoms with Crippen LogP contribution in [-0.2, 0) is 0 Å². The average molecular weight is 333 g/mol. The van der Waals surface area contributed by atoms with E-state index in [4.69, 9.17) is 0 Å². The Balaban J connectivity index is 1.89. The van der Waals surface area contributed by atoms with Gasteiger partial charge >= 0.3 is 0 Å². The highest BCUT2D eigenvalue weighted by Gasteiger charge is 2.34. The molecular formula is C18H11N3O4. The number of nitro groups is 1. The zero-order valence-electron chi connectivity index (χ0n) is 12.8. The maximum absolute atomic E-state index is 12.8. The molecule has 4 rings (SSSR count). The lowest BCUT2D eigenvalue weighted by molar-refractivity contribution is -0.384. The summed E-state index contributed by atoms with van der Waals surface area (Å²) in [6.45, 7) is 0. The second-order valence-electron chi connectivity index (χ2n) is 5.58. The molecule has 0 spiro atoms. The number of nitrogens with one attached hydrogen (secondary N) is 1. The van der Waals surface area contributed by atoms with Crippen LogP contribution in [-0.4, -0.2) is 21.7 Å². The maximum Gasteiger partial charge on any atom is 0.280 e. The zero-order chi connectivity index (χ0) is 17.6. The first kappa shape index (κ1) is 14.8. The molecule has 0 radical (unpaired) electrons. The molecule has 0 aromatic heterocycles. The predicted octanol–water partition coefficient (Wildman–Crippen LogP) is 3.37. The minimum absolute atomic E-state index is 0.128. The Kier molecular flexibility index (Phi) is 3.21. The molecule has 7 nitrogen and oxygen atoms in total. The fourth-order valence-corrected chi connectivity index (χ4v) is 2.94. The fraction of sp³-hybridized carbons (Fsp3) is 0. The minimum Gasteiger partial charge on any atom is -0.288 e. The molecule has 0 aliphatic carbocycles. The molecule has 0 atom stereocenters. The number of nitro benzene ring substituents is 1. The number of imide groups is 1. The third-order valence-electron chi connectivity index (χ3n) is 4.05. The first-order valence-corrected chi connectivity index (χ1v) is 7.48. The number of para-hydroxylation sites is 1. The SMILES string of the molecule is O=C1c2cccc3cc([N+](=O)[O-])cc(c23)C(=O)N1Nc1ccccc1. The van der Waals surface area contributed by atoms with Gasteiger partial charge in [0.1, 0.15) is 0 Å². The van der Waals surface area contributed by atoms with E-state index in [1.807, 2.05) is 6.07 Å². The second-order valence-corrected chi connectivity index (χ2v) is 5.58. The minimum atomic E-state index is -0.624. The third-order valence-corrected chi connectivity index (χ3v) is 4.05. The molecule has 1 aliphatic rings. The van der Waals surface area contributed by atoms with Gasteiger partial charge in [-0.2, -0.15) is 5.01 Å². The van der Waals surface area contributed by atoms with Crippen molar-refractivity contribution in [1.82, 2.24) is 5.01 Å². The summed E-state index contributed by atoms with van der Waals surface area (Å²) in [5, 5.41) is 13.0. The summed E-state index contributed by atoms with van der Waals surface area (Å²) in [5.74, 6) is -1.12. The fourth-order valence-electron chi connectivity index (χ4n) is 2.94. The normalized spacial score (nSPS) is 13.2. The van der Waals surface area contributed by atoms with E-state index in [2.05, 4.69) is 5.43 Å². The number of non-ortho nitro benzene ring substituents is 1. The van der Waals surface area contributed by atoms with E-state index >= 15 is 0 Å². The van der Waals surface area contributed by atoms with E-state index in [1.54, 1.807) is 42.5 Å². The number of hydrogen-bond acceptors (Lipinski definition) is 5. The highest BCUT2D eigenvalue weighted by molar-refractivity contribution is 6.26. The monoisotopic (exact) mass is 333 g/mol. The van der Waals surface area contributed by atoms with E-state index in [-0.39, 0.29) is 11.3 Å². The molecule has 0 fully saturated rings. The van der Waals surface area contributed by atoms with Crippen LogP contribution in [0.25, 0.3) is 10.8 Å². The van der Waals surface area contributed by atoms with Gasteiger partial charge in [0, 0.05) is 17.5 Å². The molecule has 1 aliphatic heterocycles. The summed E-state index contributed by atoms with van der Waals surface area (Å²) in [7, 11) is 0. The molecule has 1 N–H and O–H groups in total. The quantitative estimate of drug-likeness (QED) is 0.451. The van der Waals surface area contributed by atoms with Crippen LogP contribution in [0.5, 0.6) is 0 Å². The molecule has 25 heavy (non-hydrogen) atoms. The molecule has 1 heterocycles. The van der Waals surface area contributed by atoms with E-state index in [0.29, 0.717) is 22.0 Å². The molecule has 0 saturated heterocycles. The van der Waals surface area contributed by atoms with Crippen LogP contribution >= 0.6 is 0 Å². The summed E-state index contributed by atoms with van der Waals surface area (Å²) < 4.78 is 0. The summed E-state index contributed by atoms with van der Waals surface area (Å²) in [4.78, 5) is 36.2. The van der Waals surface area contributed by atoms with Crippen LogP contribution in [0.3, 0.4) is 0 Å². The number of hydrazine groups is 1. The Morgan fingerprint density at radius 1 is 0.880 bits per heavy atom. The maximum atomic E-state index is 12.8. The number of hydrogen-bond donors (Lipinski definition) is 1. The standard InChI is InChI=1S/C18H11N3O4/c22-17-14-8-4-5-11-9-13(21(24)25)10-15(16(11)14)18(23)20(17)19-12-6-2-1-3-7-12/h1-10,19H. The van der Waals surface area contributed by atoms with Gasteiger partial charge in [-0.05, 0) is 23.6 Å². The van der Waals surface area contributed by atoms with Gasteiger partial charge in [0.05, 0.1) is 21.7 Å².